The molecule has 3 fully saturated rings. The van der Waals surface area contributed by atoms with Crippen molar-refractivity contribution in [1.82, 2.24) is 30.2 Å². The van der Waals surface area contributed by atoms with E-state index in [1.807, 2.05) is 17.9 Å². The number of halogens is 1. The van der Waals surface area contributed by atoms with E-state index in [4.69, 9.17) is 4.99 Å². The molecule has 10 heteroatoms. The topological polar surface area (TPSA) is 81.0 Å². The predicted molar refractivity (Wildman–Crippen MR) is 143 cm³/mol. The smallest absolute Gasteiger partial charge is 0.225 e. The normalized spacial score (nSPS) is 22.5. The van der Waals surface area contributed by atoms with Crippen LogP contribution in [-0.4, -0.2) is 96.4 Å². The van der Waals surface area contributed by atoms with E-state index >= 15 is 0 Å². The molecule has 1 aromatic rings. The summed E-state index contributed by atoms with van der Waals surface area (Å²) in [5, 5.41) is 11.4. The molecule has 0 bridgehead atoms. The quantitative estimate of drug-likeness (QED) is 0.293. The number of nitrogens with one attached hydrogen (secondary N) is 2. The van der Waals surface area contributed by atoms with Gasteiger partial charge < -0.3 is 20.4 Å². The van der Waals surface area contributed by atoms with Gasteiger partial charge in [-0.15, -0.1) is 24.0 Å². The minimum atomic E-state index is 0. The number of piperidine rings is 1. The van der Waals surface area contributed by atoms with Crippen LogP contribution in [0.15, 0.2) is 17.4 Å². The van der Waals surface area contributed by atoms with E-state index in [0.29, 0.717) is 17.9 Å². The summed E-state index contributed by atoms with van der Waals surface area (Å²) < 4.78 is 1.86. The maximum atomic E-state index is 12.4. The molecule has 2 saturated heterocycles. The Morgan fingerprint density at radius 1 is 1.15 bits per heavy atom. The number of guanidine groups is 1. The predicted octanol–water partition coefficient (Wildman–Crippen LogP) is 1.51. The molecule has 2 N–H and O–H groups in total. The minimum absolute atomic E-state index is 0. The van der Waals surface area contributed by atoms with E-state index in [0.717, 1.165) is 90.5 Å². The van der Waals surface area contributed by atoms with Gasteiger partial charge in [0.25, 0.3) is 0 Å². The third kappa shape index (κ3) is 7.21. The van der Waals surface area contributed by atoms with Crippen molar-refractivity contribution >= 4 is 41.5 Å². The lowest BCUT2D eigenvalue weighted by atomic mass is 9.84. The Balaban J connectivity index is 0.00000306. The highest BCUT2D eigenvalue weighted by Gasteiger charge is 2.31. The molecule has 1 aromatic heterocycles. The molecular formula is C23H41IN8O. The lowest BCUT2D eigenvalue weighted by Crippen LogP contribution is -2.52. The van der Waals surface area contributed by atoms with E-state index in [9.17, 15) is 4.79 Å². The van der Waals surface area contributed by atoms with E-state index in [1.165, 1.54) is 12.1 Å². The van der Waals surface area contributed by atoms with Crippen molar-refractivity contribution < 1.29 is 4.79 Å². The first kappa shape index (κ1) is 26.1. The monoisotopic (exact) mass is 572 g/mol. The molecule has 1 amide bonds. The maximum Gasteiger partial charge on any atom is 0.225 e. The van der Waals surface area contributed by atoms with Crippen LogP contribution in [0.1, 0.15) is 39.0 Å². The van der Waals surface area contributed by atoms with Crippen molar-refractivity contribution in [3.63, 3.8) is 0 Å². The fourth-order valence-electron chi connectivity index (χ4n) is 4.82. The highest BCUT2D eigenvalue weighted by atomic mass is 127. The van der Waals surface area contributed by atoms with E-state index in [-0.39, 0.29) is 24.0 Å². The first-order valence-electron chi connectivity index (χ1n) is 12.4. The summed E-state index contributed by atoms with van der Waals surface area (Å²) >= 11 is 0. The second kappa shape index (κ2) is 12.8. The molecule has 1 saturated carbocycles. The molecule has 3 aliphatic rings. The summed E-state index contributed by atoms with van der Waals surface area (Å²) in [5.41, 5.74) is 1.19. The summed E-state index contributed by atoms with van der Waals surface area (Å²) in [5.74, 6) is 1.61. The number of amides is 1. The number of hydrogen-bond acceptors (Lipinski definition) is 5. The molecule has 3 heterocycles. The third-order valence-corrected chi connectivity index (χ3v) is 6.99. The Kier molecular flexibility index (Phi) is 10.1. The second-order valence-electron chi connectivity index (χ2n) is 9.36. The van der Waals surface area contributed by atoms with Gasteiger partial charge >= 0.3 is 0 Å². The summed E-state index contributed by atoms with van der Waals surface area (Å²) in [6.45, 7) is 10.4. The lowest BCUT2D eigenvalue weighted by molar-refractivity contribution is -0.139. The Morgan fingerprint density at radius 3 is 2.58 bits per heavy atom. The maximum absolute atomic E-state index is 12.4. The van der Waals surface area contributed by atoms with Crippen molar-refractivity contribution in [2.24, 2.45) is 18.0 Å². The van der Waals surface area contributed by atoms with Crippen molar-refractivity contribution in [3.8, 4) is 0 Å². The molecule has 4 rings (SSSR count). The van der Waals surface area contributed by atoms with Gasteiger partial charge in [0.2, 0.25) is 5.91 Å². The molecule has 33 heavy (non-hydrogen) atoms. The highest BCUT2D eigenvalue weighted by molar-refractivity contribution is 14.0. The molecular weight excluding hydrogens is 531 g/mol. The van der Waals surface area contributed by atoms with Crippen molar-refractivity contribution in [1.29, 1.82) is 0 Å². The number of aromatic nitrogens is 2. The first-order chi connectivity index (χ1) is 15.6. The molecule has 9 nitrogen and oxygen atoms in total. The Bertz CT molecular complexity index is 772. The number of carbonyl (C=O) groups is 1. The summed E-state index contributed by atoms with van der Waals surface area (Å²) in [4.78, 5) is 24.2. The molecule has 0 spiro atoms. The van der Waals surface area contributed by atoms with Crippen LogP contribution in [0.4, 0.5) is 5.69 Å². The van der Waals surface area contributed by atoms with Gasteiger partial charge in [-0.2, -0.15) is 5.10 Å². The fourth-order valence-corrected chi connectivity index (χ4v) is 4.82. The Hall–Kier alpha value is -1.56. The first-order valence-corrected chi connectivity index (χ1v) is 12.4. The number of hydrogen-bond donors (Lipinski definition) is 2. The van der Waals surface area contributed by atoms with Gasteiger partial charge in [0.15, 0.2) is 5.96 Å². The largest absolute Gasteiger partial charge is 0.367 e. The van der Waals surface area contributed by atoms with E-state index < -0.39 is 0 Å². The van der Waals surface area contributed by atoms with Crippen molar-refractivity contribution in [3.05, 3.63) is 12.4 Å². The molecule has 0 radical (unpaired) electrons. The molecule has 186 valence electrons. The number of rotatable bonds is 7. The van der Waals surface area contributed by atoms with Gasteiger partial charge in [0, 0.05) is 77.6 Å². The Labute approximate surface area is 215 Å². The SMILES string of the molecule is CCNC(=NCCN1CCN(C(=O)C2CCC2)CC1)NC1CCCN(c2cnn(C)c2)C1.I. The minimum Gasteiger partial charge on any atom is -0.367 e. The van der Waals surface area contributed by atoms with E-state index in [2.05, 4.69) is 43.6 Å². The molecule has 1 aliphatic carbocycles. The molecule has 1 unspecified atom stereocenters. The summed E-state index contributed by atoms with van der Waals surface area (Å²) in [6, 6.07) is 0.378. The van der Waals surface area contributed by atoms with Crippen LogP contribution in [0.5, 0.6) is 0 Å². The zero-order valence-corrected chi connectivity index (χ0v) is 22.5. The van der Waals surface area contributed by atoms with Crippen LogP contribution in [0.25, 0.3) is 0 Å². The van der Waals surface area contributed by atoms with Crippen LogP contribution < -0.4 is 15.5 Å². The van der Waals surface area contributed by atoms with Crippen LogP contribution in [0.2, 0.25) is 0 Å². The number of nitrogens with zero attached hydrogens (tertiary/aromatic N) is 6. The average molecular weight is 573 g/mol. The fraction of sp³-hybridized carbons (Fsp3) is 0.783. The second-order valence-corrected chi connectivity index (χ2v) is 9.36. The van der Waals surface area contributed by atoms with Gasteiger partial charge in [-0.05, 0) is 32.6 Å². The number of carbonyl (C=O) groups excluding carboxylic acids is 1. The van der Waals surface area contributed by atoms with Crippen LogP contribution in [0.3, 0.4) is 0 Å². The summed E-state index contributed by atoms with van der Waals surface area (Å²) in [6.07, 6.45) is 9.75. The van der Waals surface area contributed by atoms with Gasteiger partial charge in [0.1, 0.15) is 0 Å². The van der Waals surface area contributed by atoms with Crippen LogP contribution >= 0.6 is 24.0 Å². The number of piperazine rings is 1. The molecule has 2 aliphatic heterocycles. The van der Waals surface area contributed by atoms with Gasteiger partial charge in [-0.25, -0.2) is 0 Å². The van der Waals surface area contributed by atoms with Gasteiger partial charge in [0.05, 0.1) is 18.4 Å². The zero-order chi connectivity index (χ0) is 22.3. The average Bonchev–Trinajstić information content (AvgIpc) is 3.20. The van der Waals surface area contributed by atoms with Crippen LogP contribution in [-0.2, 0) is 11.8 Å². The molecule has 1 atom stereocenters. The van der Waals surface area contributed by atoms with Crippen molar-refractivity contribution in [2.75, 3.05) is 63.8 Å². The van der Waals surface area contributed by atoms with E-state index in [1.54, 1.807) is 0 Å². The van der Waals surface area contributed by atoms with Crippen molar-refractivity contribution in [2.45, 2.75) is 45.1 Å². The number of anilines is 1. The lowest BCUT2D eigenvalue weighted by Gasteiger charge is -2.38. The third-order valence-electron chi connectivity index (χ3n) is 6.99. The Morgan fingerprint density at radius 2 is 1.94 bits per heavy atom. The standard InChI is InChI=1S/C23H40N8O.HI/c1-3-24-23(27-20-8-5-10-31(17-20)21-16-26-28(2)18-21)25-9-11-29-12-14-30(15-13-29)22(32)19-6-4-7-19;/h16,18-20H,3-15,17H2,1-2H3,(H2,24,25,27);1H. The summed E-state index contributed by atoms with van der Waals surface area (Å²) in [7, 11) is 1.96. The van der Waals surface area contributed by atoms with Gasteiger partial charge in [-0.1, -0.05) is 6.42 Å². The molecule has 0 aromatic carbocycles. The highest BCUT2D eigenvalue weighted by Crippen LogP contribution is 2.28. The van der Waals surface area contributed by atoms with Crippen LogP contribution in [0, 0.1) is 5.92 Å². The zero-order valence-electron chi connectivity index (χ0n) is 20.2. The number of aliphatic imine (C=N–C) groups is 1. The number of aryl methyl sites for hydroxylation is 1. The van der Waals surface area contributed by atoms with Gasteiger partial charge in [-0.3, -0.25) is 19.4 Å².